The van der Waals surface area contributed by atoms with Gasteiger partial charge in [0.2, 0.25) is 0 Å². The zero-order chi connectivity index (χ0) is 10.8. The molecule has 0 aliphatic carbocycles. The fourth-order valence-corrected chi connectivity index (χ4v) is 2.40. The SMILES string of the molecule is Cc1coc(Sc2ncc(Br)cc2Cl)n1. The van der Waals surface area contributed by atoms with Crippen molar-refractivity contribution in [3.63, 3.8) is 0 Å². The first-order valence-corrected chi connectivity index (χ1v) is 6.05. The molecule has 0 saturated heterocycles. The van der Waals surface area contributed by atoms with Crippen LogP contribution in [0.4, 0.5) is 0 Å². The first kappa shape index (κ1) is 11.0. The fraction of sp³-hybridized carbons (Fsp3) is 0.111. The van der Waals surface area contributed by atoms with Crippen LogP contribution < -0.4 is 0 Å². The molecule has 0 unspecified atom stereocenters. The van der Waals surface area contributed by atoms with Crippen molar-refractivity contribution in [2.24, 2.45) is 0 Å². The molecule has 15 heavy (non-hydrogen) atoms. The van der Waals surface area contributed by atoms with Crippen LogP contribution in [0.25, 0.3) is 0 Å². The minimum atomic E-state index is 0.546. The van der Waals surface area contributed by atoms with Gasteiger partial charge in [0.1, 0.15) is 11.3 Å². The molecule has 0 atom stereocenters. The predicted molar refractivity (Wildman–Crippen MR) is 62.3 cm³/mol. The van der Waals surface area contributed by atoms with Crippen LogP contribution in [0.3, 0.4) is 0 Å². The van der Waals surface area contributed by atoms with Crippen molar-refractivity contribution in [1.82, 2.24) is 9.97 Å². The molecule has 6 heteroatoms. The van der Waals surface area contributed by atoms with Gasteiger partial charge in [-0.1, -0.05) is 11.6 Å². The number of pyridine rings is 1. The van der Waals surface area contributed by atoms with Gasteiger partial charge in [-0.25, -0.2) is 9.97 Å². The first-order chi connectivity index (χ1) is 7.15. The van der Waals surface area contributed by atoms with Crippen LogP contribution in [-0.4, -0.2) is 9.97 Å². The van der Waals surface area contributed by atoms with Crippen LogP contribution >= 0.6 is 39.3 Å². The van der Waals surface area contributed by atoms with Gasteiger partial charge >= 0.3 is 0 Å². The van der Waals surface area contributed by atoms with Gasteiger partial charge in [-0.2, -0.15) is 0 Å². The van der Waals surface area contributed by atoms with E-state index < -0.39 is 0 Å². The lowest BCUT2D eigenvalue weighted by Gasteiger charge is -1.99. The second kappa shape index (κ2) is 4.55. The highest BCUT2D eigenvalue weighted by Gasteiger charge is 2.08. The van der Waals surface area contributed by atoms with Gasteiger partial charge in [0, 0.05) is 10.7 Å². The Labute approximate surface area is 104 Å². The van der Waals surface area contributed by atoms with Crippen molar-refractivity contribution in [2.75, 3.05) is 0 Å². The Bertz CT molecular complexity index is 489. The highest BCUT2D eigenvalue weighted by molar-refractivity contribution is 9.10. The highest BCUT2D eigenvalue weighted by atomic mass is 79.9. The molecule has 0 aliphatic heterocycles. The monoisotopic (exact) mass is 304 g/mol. The topological polar surface area (TPSA) is 38.9 Å². The quantitative estimate of drug-likeness (QED) is 0.842. The maximum absolute atomic E-state index is 6.00. The minimum absolute atomic E-state index is 0.546. The molecule has 0 spiro atoms. The lowest BCUT2D eigenvalue weighted by atomic mass is 10.5. The molecule has 0 amide bonds. The van der Waals surface area contributed by atoms with Crippen molar-refractivity contribution in [3.05, 3.63) is 33.7 Å². The van der Waals surface area contributed by atoms with Crippen molar-refractivity contribution < 1.29 is 4.42 Å². The molecule has 0 bridgehead atoms. The smallest absolute Gasteiger partial charge is 0.262 e. The van der Waals surface area contributed by atoms with Gasteiger partial charge in [-0.15, -0.1) is 0 Å². The molecular formula is C9H6BrClN2OS. The molecule has 2 heterocycles. The summed E-state index contributed by atoms with van der Waals surface area (Å²) in [5.74, 6) is 0. The Kier molecular flexibility index (Phi) is 3.33. The Balaban J connectivity index is 2.24. The zero-order valence-corrected chi connectivity index (χ0v) is 10.9. The molecule has 0 N–H and O–H groups in total. The van der Waals surface area contributed by atoms with Gasteiger partial charge < -0.3 is 4.42 Å². The third kappa shape index (κ3) is 2.74. The maximum atomic E-state index is 6.00. The number of oxazole rings is 1. The van der Waals surface area contributed by atoms with E-state index in [0.29, 0.717) is 15.3 Å². The van der Waals surface area contributed by atoms with Gasteiger partial charge in [-0.05, 0) is 40.7 Å². The molecule has 2 aromatic heterocycles. The van der Waals surface area contributed by atoms with E-state index in [1.165, 1.54) is 11.8 Å². The number of hydrogen-bond acceptors (Lipinski definition) is 4. The van der Waals surface area contributed by atoms with Crippen molar-refractivity contribution in [2.45, 2.75) is 17.2 Å². The number of hydrogen-bond donors (Lipinski definition) is 0. The summed E-state index contributed by atoms with van der Waals surface area (Å²) in [6.45, 7) is 1.87. The molecule has 2 aromatic rings. The maximum Gasteiger partial charge on any atom is 0.262 e. The largest absolute Gasteiger partial charge is 0.439 e. The van der Waals surface area contributed by atoms with Crippen LogP contribution in [0.15, 0.2) is 37.7 Å². The van der Waals surface area contributed by atoms with E-state index in [0.717, 1.165) is 10.2 Å². The lowest BCUT2D eigenvalue weighted by Crippen LogP contribution is -1.82. The summed E-state index contributed by atoms with van der Waals surface area (Å²) in [5.41, 5.74) is 0.839. The Hall–Kier alpha value is -0.520. The number of nitrogens with zero attached hydrogens (tertiary/aromatic N) is 2. The lowest BCUT2D eigenvalue weighted by molar-refractivity contribution is 0.454. The average molecular weight is 306 g/mol. The molecule has 0 aromatic carbocycles. The van der Waals surface area contributed by atoms with E-state index in [1.54, 1.807) is 18.5 Å². The van der Waals surface area contributed by atoms with Gasteiger partial charge in [0.25, 0.3) is 5.22 Å². The van der Waals surface area contributed by atoms with Crippen molar-refractivity contribution >= 4 is 39.3 Å². The third-order valence-electron chi connectivity index (χ3n) is 1.56. The van der Waals surface area contributed by atoms with Crippen molar-refractivity contribution in [3.8, 4) is 0 Å². The molecule has 3 nitrogen and oxygen atoms in total. The van der Waals surface area contributed by atoms with E-state index in [-0.39, 0.29) is 0 Å². The second-order valence-corrected chi connectivity index (χ2v) is 5.06. The second-order valence-electron chi connectivity index (χ2n) is 2.80. The van der Waals surface area contributed by atoms with Gasteiger partial charge in [-0.3, -0.25) is 0 Å². The molecule has 2 rings (SSSR count). The summed E-state index contributed by atoms with van der Waals surface area (Å²) >= 11 is 10.6. The molecule has 0 radical (unpaired) electrons. The fourth-order valence-electron chi connectivity index (χ4n) is 0.939. The van der Waals surface area contributed by atoms with Crippen LogP contribution in [0.5, 0.6) is 0 Å². The molecule has 78 valence electrons. The number of rotatable bonds is 2. The number of aromatic nitrogens is 2. The normalized spacial score (nSPS) is 10.6. The van der Waals surface area contributed by atoms with E-state index in [1.807, 2.05) is 6.92 Å². The average Bonchev–Trinajstić information content (AvgIpc) is 2.56. The Morgan fingerprint density at radius 1 is 1.53 bits per heavy atom. The van der Waals surface area contributed by atoms with Gasteiger partial charge in [0.15, 0.2) is 0 Å². The van der Waals surface area contributed by atoms with Crippen molar-refractivity contribution in [1.29, 1.82) is 0 Å². The van der Waals surface area contributed by atoms with Gasteiger partial charge in [0.05, 0.1) is 10.7 Å². The highest BCUT2D eigenvalue weighted by Crippen LogP contribution is 2.32. The molecular weight excluding hydrogens is 300 g/mol. The van der Waals surface area contributed by atoms with E-state index in [2.05, 4.69) is 25.9 Å². The minimum Gasteiger partial charge on any atom is -0.439 e. The first-order valence-electron chi connectivity index (χ1n) is 4.06. The zero-order valence-electron chi connectivity index (χ0n) is 7.70. The van der Waals surface area contributed by atoms with Crippen LogP contribution in [0.1, 0.15) is 5.69 Å². The predicted octanol–water partition coefficient (Wildman–Crippen LogP) is 3.95. The van der Waals surface area contributed by atoms with E-state index in [9.17, 15) is 0 Å². The standard InChI is InChI=1S/C9H6BrClN2OS/c1-5-4-14-9(13-5)15-8-7(11)2-6(10)3-12-8/h2-4H,1H3. The van der Waals surface area contributed by atoms with E-state index >= 15 is 0 Å². The molecule has 0 fully saturated rings. The summed E-state index contributed by atoms with van der Waals surface area (Å²) < 4.78 is 6.04. The number of aryl methyl sites for hydroxylation is 1. The summed E-state index contributed by atoms with van der Waals surface area (Å²) in [6, 6.07) is 1.78. The Morgan fingerprint density at radius 2 is 2.33 bits per heavy atom. The summed E-state index contributed by atoms with van der Waals surface area (Å²) in [4.78, 5) is 8.32. The number of halogens is 2. The summed E-state index contributed by atoms with van der Waals surface area (Å²) in [6.07, 6.45) is 3.28. The van der Waals surface area contributed by atoms with Crippen LogP contribution in [0, 0.1) is 6.92 Å². The molecule has 0 aliphatic rings. The molecule has 0 saturated carbocycles. The van der Waals surface area contributed by atoms with E-state index in [4.69, 9.17) is 16.0 Å². The van der Waals surface area contributed by atoms with Crippen LogP contribution in [-0.2, 0) is 0 Å². The van der Waals surface area contributed by atoms with Crippen LogP contribution in [0.2, 0.25) is 5.02 Å². The summed E-state index contributed by atoms with van der Waals surface area (Å²) in [5, 5.41) is 1.80. The third-order valence-corrected chi connectivity index (χ3v) is 3.27. The summed E-state index contributed by atoms with van der Waals surface area (Å²) in [7, 11) is 0. The Morgan fingerprint density at radius 3 is 2.93 bits per heavy atom.